The second-order valence-corrected chi connectivity index (χ2v) is 15.7. The van der Waals surface area contributed by atoms with Gasteiger partial charge in [0.1, 0.15) is 12.6 Å². The summed E-state index contributed by atoms with van der Waals surface area (Å²) in [7, 11) is -4.26. The van der Waals surface area contributed by atoms with Crippen LogP contribution in [0.3, 0.4) is 0 Å². The van der Waals surface area contributed by atoms with Crippen LogP contribution < -0.4 is 9.62 Å². The molecular weight excluding hydrogens is 701 g/mol. The molecule has 1 atom stereocenters. The molecule has 7 nitrogen and oxygen atoms in total. The van der Waals surface area contributed by atoms with Crippen molar-refractivity contribution in [2.24, 2.45) is 0 Å². The Hall–Kier alpha value is -3.56. The second-order valence-electron chi connectivity index (χ2n) is 12.6. The van der Waals surface area contributed by atoms with Crippen LogP contribution >= 0.6 is 34.8 Å². The van der Waals surface area contributed by atoms with Crippen LogP contribution in [0.15, 0.2) is 95.9 Å². The lowest BCUT2D eigenvalue weighted by molar-refractivity contribution is -0.140. The van der Waals surface area contributed by atoms with Gasteiger partial charge >= 0.3 is 0 Å². The van der Waals surface area contributed by atoms with Crippen molar-refractivity contribution >= 4 is 62.3 Å². The Labute approximate surface area is 304 Å². The lowest BCUT2D eigenvalue weighted by Crippen LogP contribution is -2.55. The Morgan fingerprint density at radius 3 is 2.18 bits per heavy atom. The van der Waals surface area contributed by atoms with Gasteiger partial charge in [0.2, 0.25) is 11.8 Å². The first kappa shape index (κ1) is 36.7. The van der Waals surface area contributed by atoms with E-state index in [2.05, 4.69) is 5.32 Å². The summed E-state index contributed by atoms with van der Waals surface area (Å²) in [6.45, 7) is 3.02. The minimum atomic E-state index is -4.26. The number of sulfonamides is 1. The Morgan fingerprint density at radius 2 is 1.53 bits per heavy atom. The predicted octanol–water partition coefficient (Wildman–Crippen LogP) is 8.55. The van der Waals surface area contributed by atoms with Crippen LogP contribution in [0.1, 0.15) is 54.4 Å². The number of carbonyl (C=O) groups excluding carboxylic acids is 2. The van der Waals surface area contributed by atoms with Crippen LogP contribution in [0.25, 0.3) is 0 Å². The number of nitrogens with zero attached hydrogens (tertiary/aromatic N) is 2. The van der Waals surface area contributed by atoms with E-state index in [9.17, 15) is 18.0 Å². The molecule has 2 amide bonds. The molecule has 0 unspecified atom stereocenters. The molecule has 4 aromatic rings. The molecule has 1 fully saturated rings. The number of nitrogens with one attached hydrogen (secondary N) is 1. The van der Waals surface area contributed by atoms with Gasteiger partial charge in [-0.3, -0.25) is 13.9 Å². The topological polar surface area (TPSA) is 86.8 Å². The third kappa shape index (κ3) is 9.37. The number of carbonyl (C=O) groups is 2. The number of hydrogen-bond acceptors (Lipinski definition) is 4. The maximum absolute atomic E-state index is 14.8. The van der Waals surface area contributed by atoms with Gasteiger partial charge in [0.25, 0.3) is 10.0 Å². The SMILES string of the molecule is Cc1ccc(S(=O)(=O)N(CC(=O)N(Cc2ccc(Cl)cc2Cl)[C@H](Cc2ccccc2)C(=O)NC2CCCCC2)c2ccc(C)c(Cl)c2)cc1. The minimum absolute atomic E-state index is 0.0105. The number of benzene rings is 4. The Balaban J connectivity index is 1.59. The van der Waals surface area contributed by atoms with E-state index < -0.39 is 28.5 Å². The summed E-state index contributed by atoms with van der Waals surface area (Å²) >= 11 is 19.3. The summed E-state index contributed by atoms with van der Waals surface area (Å²) in [5, 5.41) is 4.31. The van der Waals surface area contributed by atoms with Crippen molar-refractivity contribution < 1.29 is 18.0 Å². The average Bonchev–Trinajstić information content (AvgIpc) is 3.08. The van der Waals surface area contributed by atoms with Crippen molar-refractivity contribution in [1.82, 2.24) is 10.2 Å². The molecule has 5 rings (SSSR count). The van der Waals surface area contributed by atoms with E-state index >= 15 is 0 Å². The van der Waals surface area contributed by atoms with Crippen LogP contribution in [-0.4, -0.2) is 43.8 Å². The number of rotatable bonds is 12. The first-order valence-electron chi connectivity index (χ1n) is 16.4. The smallest absolute Gasteiger partial charge is 0.264 e. The molecule has 0 heterocycles. The van der Waals surface area contributed by atoms with Gasteiger partial charge in [-0.25, -0.2) is 8.42 Å². The molecule has 1 aliphatic carbocycles. The van der Waals surface area contributed by atoms with Crippen molar-refractivity contribution in [2.75, 3.05) is 10.8 Å². The molecule has 0 radical (unpaired) electrons. The minimum Gasteiger partial charge on any atom is -0.352 e. The third-order valence-corrected chi connectivity index (χ3v) is 11.7. The highest BCUT2D eigenvalue weighted by Gasteiger charge is 2.36. The van der Waals surface area contributed by atoms with Gasteiger partial charge in [0.05, 0.1) is 10.6 Å². The number of anilines is 1. The molecule has 11 heteroatoms. The summed E-state index contributed by atoms with van der Waals surface area (Å²) in [6.07, 6.45) is 5.07. The van der Waals surface area contributed by atoms with Gasteiger partial charge < -0.3 is 10.2 Å². The van der Waals surface area contributed by atoms with E-state index in [0.29, 0.717) is 20.6 Å². The van der Waals surface area contributed by atoms with E-state index in [1.807, 2.05) is 44.2 Å². The number of halogens is 3. The largest absolute Gasteiger partial charge is 0.352 e. The zero-order valence-corrected chi connectivity index (χ0v) is 30.6. The quantitative estimate of drug-likeness (QED) is 0.158. The fourth-order valence-corrected chi connectivity index (χ4v) is 8.08. The van der Waals surface area contributed by atoms with Crippen molar-refractivity contribution in [3.8, 4) is 0 Å². The molecule has 258 valence electrons. The third-order valence-electron chi connectivity index (χ3n) is 8.91. The average molecular weight is 741 g/mol. The van der Waals surface area contributed by atoms with Crippen LogP contribution in [0.4, 0.5) is 5.69 Å². The summed E-state index contributed by atoms with van der Waals surface area (Å²) in [6, 6.07) is 24.7. The van der Waals surface area contributed by atoms with Gasteiger partial charge in [-0.1, -0.05) is 114 Å². The van der Waals surface area contributed by atoms with E-state index in [0.717, 1.165) is 53.1 Å². The second kappa shape index (κ2) is 16.4. The van der Waals surface area contributed by atoms with E-state index in [1.54, 1.807) is 42.5 Å². The van der Waals surface area contributed by atoms with Crippen LogP contribution in [-0.2, 0) is 32.6 Å². The highest BCUT2D eigenvalue weighted by Crippen LogP contribution is 2.30. The molecule has 0 spiro atoms. The Kier molecular flexibility index (Phi) is 12.3. The van der Waals surface area contributed by atoms with Gasteiger partial charge in [-0.15, -0.1) is 0 Å². The molecule has 0 saturated heterocycles. The van der Waals surface area contributed by atoms with Gasteiger partial charge in [0.15, 0.2) is 0 Å². The van der Waals surface area contributed by atoms with Crippen LogP contribution in [0, 0.1) is 13.8 Å². The number of amides is 2. The van der Waals surface area contributed by atoms with E-state index in [1.165, 1.54) is 23.1 Å². The molecule has 1 saturated carbocycles. The Morgan fingerprint density at radius 1 is 0.837 bits per heavy atom. The summed E-state index contributed by atoms with van der Waals surface area (Å²) in [4.78, 5) is 30.5. The number of hydrogen-bond donors (Lipinski definition) is 1. The lowest BCUT2D eigenvalue weighted by Gasteiger charge is -2.35. The van der Waals surface area contributed by atoms with Crippen molar-refractivity contribution in [1.29, 1.82) is 0 Å². The van der Waals surface area contributed by atoms with Crippen molar-refractivity contribution in [3.63, 3.8) is 0 Å². The molecule has 1 aliphatic rings. The zero-order chi connectivity index (χ0) is 35.1. The normalized spacial score (nSPS) is 14.2. The summed E-state index contributed by atoms with van der Waals surface area (Å²) in [5.41, 5.74) is 3.28. The van der Waals surface area contributed by atoms with Gasteiger partial charge in [-0.05, 0) is 79.8 Å². The predicted molar refractivity (Wildman–Crippen MR) is 198 cm³/mol. The molecule has 49 heavy (non-hydrogen) atoms. The molecule has 4 aromatic carbocycles. The number of aryl methyl sites for hydroxylation is 2. The lowest BCUT2D eigenvalue weighted by atomic mass is 9.94. The van der Waals surface area contributed by atoms with E-state index in [4.69, 9.17) is 34.8 Å². The first-order chi connectivity index (χ1) is 23.4. The fraction of sp³-hybridized carbons (Fsp3) is 0.316. The summed E-state index contributed by atoms with van der Waals surface area (Å²) < 4.78 is 29.7. The van der Waals surface area contributed by atoms with E-state index in [-0.39, 0.29) is 35.5 Å². The van der Waals surface area contributed by atoms with Crippen molar-refractivity contribution in [3.05, 3.63) is 128 Å². The standard InChI is InChI=1S/C38H40Cl3N3O4S/c1-26-13-19-33(20-14-26)49(47,48)44(32-18-15-27(2)34(40)23-32)25-37(45)43(24-29-16-17-30(39)22-35(29)41)36(21-28-9-5-3-6-10-28)38(46)42-31-11-7-4-8-12-31/h3,5-6,9-10,13-20,22-23,31,36H,4,7-8,11-12,21,24-25H2,1-2H3,(H,42,46)/t36-/m1/s1. The van der Waals surface area contributed by atoms with Crippen LogP contribution in [0.2, 0.25) is 15.1 Å². The zero-order valence-electron chi connectivity index (χ0n) is 27.5. The molecule has 0 aliphatic heterocycles. The highest BCUT2D eigenvalue weighted by molar-refractivity contribution is 7.92. The van der Waals surface area contributed by atoms with Crippen molar-refractivity contribution in [2.45, 2.75) is 75.9 Å². The maximum atomic E-state index is 14.8. The molecular formula is C38H40Cl3N3O4S. The van der Waals surface area contributed by atoms with Gasteiger partial charge in [0, 0.05) is 34.1 Å². The molecule has 0 bridgehead atoms. The highest BCUT2D eigenvalue weighted by atomic mass is 35.5. The van der Waals surface area contributed by atoms with Crippen LogP contribution in [0.5, 0.6) is 0 Å². The Bertz CT molecular complexity index is 1880. The fourth-order valence-electron chi connectivity index (χ4n) is 6.03. The molecule has 0 aromatic heterocycles. The monoisotopic (exact) mass is 739 g/mol. The van der Waals surface area contributed by atoms with Gasteiger partial charge in [-0.2, -0.15) is 0 Å². The molecule has 1 N–H and O–H groups in total. The first-order valence-corrected chi connectivity index (χ1v) is 18.9. The summed E-state index contributed by atoms with van der Waals surface area (Å²) in [5.74, 6) is -0.890. The maximum Gasteiger partial charge on any atom is 0.264 e.